The van der Waals surface area contributed by atoms with Gasteiger partial charge in [-0.05, 0) is 31.8 Å². The average Bonchev–Trinajstić information content (AvgIpc) is 2.88. The molecule has 0 amide bonds. The van der Waals surface area contributed by atoms with Crippen molar-refractivity contribution in [3.63, 3.8) is 0 Å². The number of hydrogen-bond acceptors (Lipinski definition) is 6. The number of benzene rings is 1. The predicted molar refractivity (Wildman–Crippen MR) is 89.1 cm³/mol. The average molecular weight is 324 g/mol. The Labute approximate surface area is 138 Å². The number of nitrogens with zero attached hydrogens (tertiary/aromatic N) is 2. The van der Waals surface area contributed by atoms with E-state index in [0.29, 0.717) is 19.8 Å². The van der Waals surface area contributed by atoms with Gasteiger partial charge in [-0.3, -0.25) is 4.90 Å². The Bertz CT molecular complexity index is 495. The Kier molecular flexibility index (Phi) is 6.65. The predicted octanol–water partition coefficient (Wildman–Crippen LogP) is 0.827. The van der Waals surface area contributed by atoms with Gasteiger partial charge in [-0.2, -0.15) is 0 Å². The number of likely N-dealkylation sites (N-methyl/N-ethyl adjacent to an activating group) is 1. The molecule has 23 heavy (non-hydrogen) atoms. The van der Waals surface area contributed by atoms with E-state index >= 15 is 0 Å². The minimum Gasteiger partial charge on any atom is -0.493 e. The summed E-state index contributed by atoms with van der Waals surface area (Å²) >= 11 is 0. The number of rotatable bonds is 8. The van der Waals surface area contributed by atoms with Crippen LogP contribution in [0.2, 0.25) is 0 Å². The molecule has 0 spiro atoms. The SMILES string of the molecule is COCCOc1cc(CN2C[C@H](O)[C@@H](N(C)C)C2)ccc1OC. The molecule has 6 nitrogen and oxygen atoms in total. The maximum atomic E-state index is 10.1. The lowest BCUT2D eigenvalue weighted by atomic mass is 10.2. The monoisotopic (exact) mass is 324 g/mol. The van der Waals surface area contributed by atoms with E-state index in [0.717, 1.165) is 30.2 Å². The number of ether oxygens (including phenoxy) is 3. The molecule has 6 heteroatoms. The van der Waals surface area contributed by atoms with Crippen molar-refractivity contribution in [1.82, 2.24) is 9.80 Å². The lowest BCUT2D eigenvalue weighted by Gasteiger charge is -2.22. The number of β-amino-alcohol motifs (C(OH)–C–C–N with tert-alkyl or cyclic N) is 1. The second kappa shape index (κ2) is 8.49. The second-order valence-corrected chi connectivity index (χ2v) is 6.12. The third-order valence-corrected chi connectivity index (χ3v) is 4.18. The molecule has 1 aliphatic heterocycles. The van der Waals surface area contributed by atoms with Crippen LogP contribution in [0.1, 0.15) is 5.56 Å². The second-order valence-electron chi connectivity index (χ2n) is 6.12. The zero-order valence-corrected chi connectivity index (χ0v) is 14.5. The molecule has 1 fully saturated rings. The van der Waals surface area contributed by atoms with E-state index in [1.54, 1.807) is 14.2 Å². The highest BCUT2D eigenvalue weighted by molar-refractivity contribution is 5.43. The fourth-order valence-corrected chi connectivity index (χ4v) is 2.91. The zero-order chi connectivity index (χ0) is 16.8. The van der Waals surface area contributed by atoms with Crippen LogP contribution in [0.5, 0.6) is 11.5 Å². The van der Waals surface area contributed by atoms with Gasteiger partial charge < -0.3 is 24.2 Å². The fourth-order valence-electron chi connectivity index (χ4n) is 2.91. The molecule has 2 rings (SSSR count). The third kappa shape index (κ3) is 4.81. The van der Waals surface area contributed by atoms with Crippen molar-refractivity contribution in [2.24, 2.45) is 0 Å². The van der Waals surface area contributed by atoms with Crippen molar-refractivity contribution in [1.29, 1.82) is 0 Å². The molecular weight excluding hydrogens is 296 g/mol. The van der Waals surface area contributed by atoms with Gasteiger partial charge in [0.25, 0.3) is 0 Å². The highest BCUT2D eigenvalue weighted by atomic mass is 16.5. The van der Waals surface area contributed by atoms with Crippen molar-refractivity contribution in [2.75, 3.05) is 54.6 Å². The first-order valence-electron chi connectivity index (χ1n) is 7.90. The highest BCUT2D eigenvalue weighted by Gasteiger charge is 2.32. The molecule has 0 aromatic heterocycles. The van der Waals surface area contributed by atoms with Crippen LogP contribution in [0.25, 0.3) is 0 Å². The van der Waals surface area contributed by atoms with Crippen LogP contribution >= 0.6 is 0 Å². The molecule has 0 aliphatic carbocycles. The normalized spacial score (nSPS) is 21.8. The van der Waals surface area contributed by atoms with Gasteiger partial charge in [-0.1, -0.05) is 6.07 Å². The molecule has 1 aromatic rings. The zero-order valence-electron chi connectivity index (χ0n) is 14.5. The van der Waals surface area contributed by atoms with E-state index in [-0.39, 0.29) is 12.1 Å². The van der Waals surface area contributed by atoms with Gasteiger partial charge >= 0.3 is 0 Å². The van der Waals surface area contributed by atoms with Crippen LogP contribution in [-0.2, 0) is 11.3 Å². The minimum atomic E-state index is -0.305. The quantitative estimate of drug-likeness (QED) is 0.715. The van der Waals surface area contributed by atoms with Crippen molar-refractivity contribution in [3.8, 4) is 11.5 Å². The summed E-state index contributed by atoms with van der Waals surface area (Å²) in [6.07, 6.45) is -0.305. The van der Waals surface area contributed by atoms with Gasteiger partial charge in [0.15, 0.2) is 11.5 Å². The molecule has 1 aliphatic rings. The summed E-state index contributed by atoms with van der Waals surface area (Å²) in [5.74, 6) is 1.45. The summed E-state index contributed by atoms with van der Waals surface area (Å²) in [6.45, 7) is 3.36. The van der Waals surface area contributed by atoms with Gasteiger partial charge in [-0.25, -0.2) is 0 Å². The first kappa shape index (κ1) is 18.0. The molecule has 130 valence electrons. The third-order valence-electron chi connectivity index (χ3n) is 4.18. The van der Waals surface area contributed by atoms with Gasteiger partial charge in [0.1, 0.15) is 6.61 Å². The molecule has 1 aromatic carbocycles. The van der Waals surface area contributed by atoms with E-state index in [4.69, 9.17) is 14.2 Å². The maximum Gasteiger partial charge on any atom is 0.161 e. The number of aliphatic hydroxyl groups excluding tert-OH is 1. The van der Waals surface area contributed by atoms with Crippen molar-refractivity contribution >= 4 is 0 Å². The Hall–Kier alpha value is -1.34. The van der Waals surface area contributed by atoms with Crippen LogP contribution in [-0.4, -0.2) is 81.7 Å². The Morgan fingerprint density at radius 3 is 2.57 bits per heavy atom. The van der Waals surface area contributed by atoms with E-state index in [1.807, 2.05) is 32.3 Å². The minimum absolute atomic E-state index is 0.186. The molecule has 0 saturated carbocycles. The first-order valence-corrected chi connectivity index (χ1v) is 7.90. The molecule has 1 N–H and O–H groups in total. The first-order chi connectivity index (χ1) is 11.0. The van der Waals surface area contributed by atoms with Gasteiger partial charge in [0.2, 0.25) is 0 Å². The Morgan fingerprint density at radius 2 is 1.96 bits per heavy atom. The van der Waals surface area contributed by atoms with Crippen molar-refractivity contribution in [2.45, 2.75) is 18.7 Å². The van der Waals surface area contributed by atoms with E-state index in [9.17, 15) is 5.11 Å². The van der Waals surface area contributed by atoms with Crippen molar-refractivity contribution < 1.29 is 19.3 Å². The summed E-state index contributed by atoms with van der Waals surface area (Å²) < 4.78 is 16.1. The molecule has 0 radical (unpaired) electrons. The van der Waals surface area contributed by atoms with Crippen molar-refractivity contribution in [3.05, 3.63) is 23.8 Å². The molecule has 0 bridgehead atoms. The standard InChI is InChI=1S/C17H28N2O4/c1-18(2)14-11-19(12-15(14)20)10-13-5-6-16(22-4)17(9-13)23-8-7-21-3/h5-6,9,14-15,20H,7-8,10-12H2,1-4H3/t14-,15-/m0/s1. The molecule has 1 saturated heterocycles. The maximum absolute atomic E-state index is 10.1. The molecule has 2 atom stereocenters. The van der Waals surface area contributed by atoms with Crippen LogP contribution in [0, 0.1) is 0 Å². The molecule has 1 heterocycles. The number of aliphatic hydroxyl groups is 1. The van der Waals surface area contributed by atoms with E-state index < -0.39 is 0 Å². The largest absolute Gasteiger partial charge is 0.493 e. The smallest absolute Gasteiger partial charge is 0.161 e. The Morgan fingerprint density at radius 1 is 1.17 bits per heavy atom. The van der Waals surface area contributed by atoms with Gasteiger partial charge in [0, 0.05) is 32.8 Å². The van der Waals surface area contributed by atoms with Crippen LogP contribution in [0.3, 0.4) is 0 Å². The van der Waals surface area contributed by atoms with Crippen LogP contribution in [0.15, 0.2) is 18.2 Å². The van der Waals surface area contributed by atoms with Crippen LogP contribution < -0.4 is 9.47 Å². The molecular formula is C17H28N2O4. The number of hydrogen-bond donors (Lipinski definition) is 1. The summed E-state index contributed by atoms with van der Waals surface area (Å²) in [7, 11) is 7.30. The van der Waals surface area contributed by atoms with Gasteiger partial charge in [0.05, 0.1) is 19.8 Å². The van der Waals surface area contributed by atoms with E-state index in [2.05, 4.69) is 9.80 Å². The lowest BCUT2D eigenvalue weighted by molar-refractivity contribution is 0.112. The number of methoxy groups -OCH3 is 2. The highest BCUT2D eigenvalue weighted by Crippen LogP contribution is 2.29. The Balaban J connectivity index is 2.01. The topological polar surface area (TPSA) is 54.4 Å². The summed E-state index contributed by atoms with van der Waals surface area (Å²) in [5.41, 5.74) is 1.14. The fraction of sp³-hybridized carbons (Fsp3) is 0.647. The van der Waals surface area contributed by atoms with Crippen LogP contribution in [0.4, 0.5) is 0 Å². The molecule has 0 unspecified atom stereocenters. The van der Waals surface area contributed by atoms with E-state index in [1.165, 1.54) is 0 Å². The number of likely N-dealkylation sites (tertiary alicyclic amines) is 1. The summed E-state index contributed by atoms with van der Waals surface area (Å²) in [4.78, 5) is 4.34. The van der Waals surface area contributed by atoms with Gasteiger partial charge in [-0.15, -0.1) is 0 Å². The summed E-state index contributed by atoms with van der Waals surface area (Å²) in [6, 6.07) is 6.15. The lowest BCUT2D eigenvalue weighted by Crippen LogP contribution is -2.37. The summed E-state index contributed by atoms with van der Waals surface area (Å²) in [5, 5.41) is 10.1.